The van der Waals surface area contributed by atoms with Crippen molar-refractivity contribution in [1.82, 2.24) is 10.2 Å². The van der Waals surface area contributed by atoms with Gasteiger partial charge in [0.1, 0.15) is 5.69 Å². The average Bonchev–Trinajstić information content (AvgIpc) is 3.06. The van der Waals surface area contributed by atoms with E-state index < -0.39 is 5.97 Å². The van der Waals surface area contributed by atoms with Gasteiger partial charge in [-0.25, -0.2) is 4.79 Å². The van der Waals surface area contributed by atoms with E-state index in [2.05, 4.69) is 15.5 Å². The van der Waals surface area contributed by atoms with Gasteiger partial charge >= 0.3 is 5.97 Å². The number of carboxylic acid groups (broad SMARTS) is 1. The summed E-state index contributed by atoms with van der Waals surface area (Å²) in [5.41, 5.74) is 3.45. The molecule has 0 aliphatic carbocycles. The van der Waals surface area contributed by atoms with Crippen LogP contribution in [0, 0.1) is 0 Å². The highest BCUT2D eigenvalue weighted by Crippen LogP contribution is 2.41. The van der Waals surface area contributed by atoms with Crippen molar-refractivity contribution in [2.24, 2.45) is 0 Å². The highest BCUT2D eigenvalue weighted by Gasteiger charge is 2.34. The van der Waals surface area contributed by atoms with Crippen molar-refractivity contribution in [1.29, 1.82) is 0 Å². The first-order valence-electron chi connectivity index (χ1n) is 7.91. The predicted molar refractivity (Wildman–Crippen MR) is 92.5 cm³/mol. The minimum atomic E-state index is -1.09. The van der Waals surface area contributed by atoms with E-state index in [0.29, 0.717) is 11.4 Å². The van der Waals surface area contributed by atoms with Gasteiger partial charge in [0.15, 0.2) is 5.82 Å². The standard InChI is InChI=1S/C19H15N3O3/c23-15-10-14(16-17(19(24)25)21-22-18(16)20-15)13-9-5-4-8-12(13)11-6-2-1-3-7-11/h1-9,14H,10H2,(H,24,25)(H2,20,21,22,23). The third kappa shape index (κ3) is 2.57. The molecule has 6 heteroatoms. The molecule has 0 radical (unpaired) electrons. The number of anilines is 1. The van der Waals surface area contributed by atoms with Gasteiger partial charge in [-0.2, -0.15) is 5.10 Å². The van der Waals surface area contributed by atoms with Gasteiger partial charge in [-0.3, -0.25) is 9.89 Å². The Morgan fingerprint density at radius 2 is 1.80 bits per heavy atom. The second-order valence-electron chi connectivity index (χ2n) is 5.92. The molecular weight excluding hydrogens is 318 g/mol. The highest BCUT2D eigenvalue weighted by molar-refractivity contribution is 5.98. The van der Waals surface area contributed by atoms with E-state index >= 15 is 0 Å². The fraction of sp³-hybridized carbons (Fsp3) is 0.105. The van der Waals surface area contributed by atoms with Crippen LogP contribution in [0.25, 0.3) is 11.1 Å². The van der Waals surface area contributed by atoms with E-state index in [9.17, 15) is 14.7 Å². The molecule has 3 N–H and O–H groups in total. The van der Waals surface area contributed by atoms with Crippen molar-refractivity contribution < 1.29 is 14.7 Å². The van der Waals surface area contributed by atoms with Gasteiger partial charge < -0.3 is 10.4 Å². The van der Waals surface area contributed by atoms with Crippen LogP contribution in [-0.2, 0) is 4.79 Å². The summed E-state index contributed by atoms with van der Waals surface area (Å²) in [5.74, 6) is -1.34. The van der Waals surface area contributed by atoms with Crippen LogP contribution < -0.4 is 5.32 Å². The summed E-state index contributed by atoms with van der Waals surface area (Å²) in [7, 11) is 0. The number of carbonyl (C=O) groups is 2. The first-order valence-corrected chi connectivity index (χ1v) is 7.91. The number of fused-ring (bicyclic) bond motifs is 1. The number of nitrogens with one attached hydrogen (secondary N) is 2. The van der Waals surface area contributed by atoms with Gasteiger partial charge in [0, 0.05) is 17.9 Å². The van der Waals surface area contributed by atoms with Crippen LogP contribution in [0.5, 0.6) is 0 Å². The van der Waals surface area contributed by atoms with Crippen LogP contribution in [0.3, 0.4) is 0 Å². The van der Waals surface area contributed by atoms with Crippen molar-refractivity contribution in [3.8, 4) is 11.1 Å². The fourth-order valence-corrected chi connectivity index (χ4v) is 3.37. The Morgan fingerprint density at radius 3 is 2.56 bits per heavy atom. The molecule has 25 heavy (non-hydrogen) atoms. The van der Waals surface area contributed by atoms with Crippen LogP contribution in [0.15, 0.2) is 54.6 Å². The Balaban J connectivity index is 1.91. The first-order chi connectivity index (χ1) is 12.1. The summed E-state index contributed by atoms with van der Waals surface area (Å²) in [4.78, 5) is 23.7. The summed E-state index contributed by atoms with van der Waals surface area (Å²) < 4.78 is 0. The lowest BCUT2D eigenvalue weighted by atomic mass is 9.82. The van der Waals surface area contributed by atoms with E-state index in [1.165, 1.54) is 0 Å². The minimum Gasteiger partial charge on any atom is -0.477 e. The zero-order valence-electron chi connectivity index (χ0n) is 13.2. The lowest BCUT2D eigenvalue weighted by Gasteiger charge is -2.25. The lowest BCUT2D eigenvalue weighted by Crippen LogP contribution is -2.24. The molecule has 2 heterocycles. The molecule has 4 rings (SSSR count). The smallest absolute Gasteiger partial charge is 0.354 e. The maximum atomic E-state index is 12.1. The molecule has 1 atom stereocenters. The van der Waals surface area contributed by atoms with Crippen molar-refractivity contribution in [2.75, 3.05) is 5.32 Å². The maximum Gasteiger partial charge on any atom is 0.354 e. The van der Waals surface area contributed by atoms with E-state index in [-0.39, 0.29) is 23.9 Å². The van der Waals surface area contributed by atoms with Gasteiger partial charge in [0.05, 0.1) is 0 Å². The van der Waals surface area contributed by atoms with Gasteiger partial charge in [-0.15, -0.1) is 0 Å². The number of hydrogen-bond acceptors (Lipinski definition) is 3. The van der Waals surface area contributed by atoms with Crippen LogP contribution >= 0.6 is 0 Å². The molecule has 1 unspecified atom stereocenters. The van der Waals surface area contributed by atoms with Gasteiger partial charge in [0.2, 0.25) is 5.91 Å². The number of carboxylic acids is 1. The number of aromatic carboxylic acids is 1. The highest BCUT2D eigenvalue weighted by atomic mass is 16.4. The molecule has 0 bridgehead atoms. The number of aromatic amines is 1. The van der Waals surface area contributed by atoms with Crippen molar-refractivity contribution >= 4 is 17.7 Å². The summed E-state index contributed by atoms with van der Waals surface area (Å²) >= 11 is 0. The SMILES string of the molecule is O=C1CC(c2ccccc2-c2ccccc2)c2c(n[nH]c2C(=O)O)N1. The van der Waals surface area contributed by atoms with E-state index in [1.807, 2.05) is 54.6 Å². The molecule has 1 amide bonds. The second-order valence-corrected chi connectivity index (χ2v) is 5.92. The molecule has 1 aliphatic heterocycles. The van der Waals surface area contributed by atoms with Gasteiger partial charge in [-0.05, 0) is 16.7 Å². The van der Waals surface area contributed by atoms with Gasteiger partial charge in [-0.1, -0.05) is 54.6 Å². The molecule has 0 fully saturated rings. The third-order valence-corrected chi connectivity index (χ3v) is 4.43. The Morgan fingerprint density at radius 1 is 1.08 bits per heavy atom. The zero-order valence-corrected chi connectivity index (χ0v) is 13.2. The quantitative estimate of drug-likeness (QED) is 0.685. The Hall–Kier alpha value is -3.41. The number of aromatic nitrogens is 2. The normalized spacial score (nSPS) is 16.2. The van der Waals surface area contributed by atoms with E-state index in [4.69, 9.17) is 0 Å². The molecule has 6 nitrogen and oxygen atoms in total. The Bertz CT molecular complexity index is 963. The topological polar surface area (TPSA) is 95.1 Å². The predicted octanol–water partition coefficient (Wildman–Crippen LogP) is 3.25. The van der Waals surface area contributed by atoms with E-state index in [1.54, 1.807) is 0 Å². The monoisotopic (exact) mass is 333 g/mol. The number of amides is 1. The van der Waals surface area contributed by atoms with Crippen molar-refractivity contribution in [3.05, 3.63) is 71.4 Å². The third-order valence-electron chi connectivity index (χ3n) is 4.43. The first kappa shape index (κ1) is 15.1. The Kier molecular flexibility index (Phi) is 3.57. The summed E-state index contributed by atoms with van der Waals surface area (Å²) in [6, 6.07) is 17.6. The summed E-state index contributed by atoms with van der Waals surface area (Å²) in [5, 5.41) is 18.6. The summed E-state index contributed by atoms with van der Waals surface area (Å²) in [6.07, 6.45) is 0.177. The largest absolute Gasteiger partial charge is 0.477 e. The van der Waals surface area contributed by atoms with Crippen LogP contribution in [0.4, 0.5) is 5.82 Å². The molecule has 3 aromatic rings. The molecule has 0 spiro atoms. The number of benzene rings is 2. The lowest BCUT2D eigenvalue weighted by molar-refractivity contribution is -0.116. The van der Waals surface area contributed by atoms with Gasteiger partial charge in [0.25, 0.3) is 0 Å². The van der Waals surface area contributed by atoms with Crippen molar-refractivity contribution in [2.45, 2.75) is 12.3 Å². The number of hydrogen-bond donors (Lipinski definition) is 3. The number of rotatable bonds is 3. The van der Waals surface area contributed by atoms with Crippen LogP contribution in [0.1, 0.15) is 34.0 Å². The second kappa shape index (κ2) is 5.90. The average molecular weight is 333 g/mol. The Labute approximate surface area is 143 Å². The molecule has 0 saturated carbocycles. The van der Waals surface area contributed by atoms with E-state index in [0.717, 1.165) is 16.7 Å². The molecular formula is C19H15N3O3. The molecule has 1 aliphatic rings. The van der Waals surface area contributed by atoms with Crippen LogP contribution in [0.2, 0.25) is 0 Å². The van der Waals surface area contributed by atoms with Crippen LogP contribution in [-0.4, -0.2) is 27.2 Å². The summed E-state index contributed by atoms with van der Waals surface area (Å²) in [6.45, 7) is 0. The molecule has 124 valence electrons. The molecule has 1 aromatic heterocycles. The minimum absolute atomic E-state index is 0.0165. The fourth-order valence-electron chi connectivity index (χ4n) is 3.37. The number of H-pyrrole nitrogens is 1. The maximum absolute atomic E-state index is 12.1. The van der Waals surface area contributed by atoms with Crippen molar-refractivity contribution in [3.63, 3.8) is 0 Å². The number of carbonyl (C=O) groups excluding carboxylic acids is 1. The zero-order chi connectivity index (χ0) is 17.4. The number of nitrogens with zero attached hydrogens (tertiary/aromatic N) is 1. The molecule has 0 saturated heterocycles. The molecule has 2 aromatic carbocycles.